The first-order chi connectivity index (χ1) is 12.2. The summed E-state index contributed by atoms with van der Waals surface area (Å²) in [6.45, 7) is 2.07. The van der Waals surface area contributed by atoms with E-state index in [9.17, 15) is 4.79 Å². The Bertz CT molecular complexity index is 1020. The van der Waals surface area contributed by atoms with Gasteiger partial charge in [0.25, 0.3) is 0 Å². The van der Waals surface area contributed by atoms with E-state index >= 15 is 0 Å². The first kappa shape index (κ1) is 15.6. The number of benzene rings is 2. The van der Waals surface area contributed by atoms with E-state index in [1.54, 1.807) is 11.3 Å². The molecule has 2 heterocycles. The largest absolute Gasteiger partial charge is 0.352 e. The van der Waals surface area contributed by atoms with Crippen molar-refractivity contribution in [1.82, 2.24) is 14.9 Å². The molecule has 0 fully saturated rings. The van der Waals surface area contributed by atoms with Crippen molar-refractivity contribution in [3.63, 3.8) is 0 Å². The van der Waals surface area contributed by atoms with E-state index in [0.29, 0.717) is 6.54 Å². The predicted octanol–water partition coefficient (Wildman–Crippen LogP) is 4.39. The molecule has 0 spiro atoms. The Morgan fingerprint density at radius 2 is 1.96 bits per heavy atom. The van der Waals surface area contributed by atoms with Crippen LogP contribution >= 0.6 is 11.3 Å². The van der Waals surface area contributed by atoms with Gasteiger partial charge in [-0.15, -0.1) is 0 Å². The number of thiophene rings is 1. The number of nitrogens with one attached hydrogen (secondary N) is 1. The quantitative estimate of drug-likeness (QED) is 0.595. The van der Waals surface area contributed by atoms with Crippen LogP contribution < -0.4 is 5.32 Å². The topological polar surface area (TPSA) is 46.9 Å². The average Bonchev–Trinajstić information content (AvgIpc) is 3.29. The molecular formula is C20H17N3OS. The highest BCUT2D eigenvalue weighted by Gasteiger charge is 2.07. The minimum atomic E-state index is -0.0226. The number of nitrogens with zero attached hydrogens (tertiary/aromatic N) is 2. The molecule has 0 unspecified atom stereocenters. The molecular weight excluding hydrogens is 330 g/mol. The van der Waals surface area contributed by atoms with Crippen molar-refractivity contribution in [2.45, 2.75) is 13.5 Å². The molecule has 2 aromatic heterocycles. The van der Waals surface area contributed by atoms with Gasteiger partial charge in [-0.1, -0.05) is 18.2 Å². The van der Waals surface area contributed by atoms with Crippen molar-refractivity contribution in [3.05, 3.63) is 71.2 Å². The third-order valence-corrected chi connectivity index (χ3v) is 4.84. The third-order valence-electron chi connectivity index (χ3n) is 4.16. The molecule has 0 aliphatic carbocycles. The monoisotopic (exact) mass is 347 g/mol. The summed E-state index contributed by atoms with van der Waals surface area (Å²) in [6.07, 6.45) is 1.85. The summed E-state index contributed by atoms with van der Waals surface area (Å²) < 4.78 is 2.09. The van der Waals surface area contributed by atoms with E-state index < -0.39 is 0 Å². The molecule has 1 N–H and O–H groups in total. The van der Waals surface area contributed by atoms with Crippen LogP contribution in [-0.4, -0.2) is 15.5 Å². The molecule has 1 amide bonds. The van der Waals surface area contributed by atoms with Crippen LogP contribution in [0.5, 0.6) is 0 Å². The Labute approximate surface area is 149 Å². The Balaban J connectivity index is 1.69. The number of fused-ring (bicyclic) bond motifs is 1. The highest BCUT2D eigenvalue weighted by Crippen LogP contribution is 2.27. The second-order valence-electron chi connectivity index (χ2n) is 5.91. The number of aromatic nitrogens is 2. The molecule has 0 radical (unpaired) electrons. The molecule has 0 saturated carbocycles. The summed E-state index contributed by atoms with van der Waals surface area (Å²) >= 11 is 1.70. The van der Waals surface area contributed by atoms with Gasteiger partial charge >= 0.3 is 0 Å². The van der Waals surface area contributed by atoms with Gasteiger partial charge in [0.1, 0.15) is 6.33 Å². The Morgan fingerprint density at radius 3 is 2.68 bits per heavy atom. The number of hydrogen-bond donors (Lipinski definition) is 1. The smallest absolute Gasteiger partial charge is 0.217 e. The summed E-state index contributed by atoms with van der Waals surface area (Å²) in [5, 5.41) is 7.05. The lowest BCUT2D eigenvalue weighted by Crippen LogP contribution is -2.18. The number of imidazole rings is 1. The zero-order chi connectivity index (χ0) is 17.2. The zero-order valence-corrected chi connectivity index (χ0v) is 14.6. The number of rotatable bonds is 4. The van der Waals surface area contributed by atoms with Crippen LogP contribution in [0.15, 0.2) is 65.6 Å². The summed E-state index contributed by atoms with van der Waals surface area (Å²) in [5.41, 5.74) is 6.60. The van der Waals surface area contributed by atoms with Gasteiger partial charge in [0.2, 0.25) is 5.91 Å². The fraction of sp³-hybridized carbons (Fsp3) is 0.100. The zero-order valence-electron chi connectivity index (χ0n) is 13.8. The summed E-state index contributed by atoms with van der Waals surface area (Å²) in [7, 11) is 0. The Hall–Kier alpha value is -2.92. The van der Waals surface area contributed by atoms with Crippen LogP contribution in [0.25, 0.3) is 27.8 Å². The molecule has 0 aliphatic heterocycles. The number of carbonyl (C=O) groups is 1. The van der Waals surface area contributed by atoms with Crippen molar-refractivity contribution in [1.29, 1.82) is 0 Å². The van der Waals surface area contributed by atoms with Crippen LogP contribution in [0.2, 0.25) is 0 Å². The van der Waals surface area contributed by atoms with Gasteiger partial charge in [-0.25, -0.2) is 4.98 Å². The standard InChI is InChI=1S/C20H17N3OS/c1-14(24)21-11-15-2-5-18(6-3-15)23-13-22-19-7-4-16(10-20(19)23)17-8-9-25-12-17/h2-10,12-13H,11H2,1H3,(H,21,24). The van der Waals surface area contributed by atoms with E-state index in [4.69, 9.17) is 0 Å². The highest BCUT2D eigenvalue weighted by molar-refractivity contribution is 7.08. The minimum Gasteiger partial charge on any atom is -0.352 e. The molecule has 5 heteroatoms. The second-order valence-corrected chi connectivity index (χ2v) is 6.69. The Kier molecular flexibility index (Phi) is 4.07. The van der Waals surface area contributed by atoms with Gasteiger partial charge in [-0.3, -0.25) is 9.36 Å². The van der Waals surface area contributed by atoms with Crippen molar-refractivity contribution in [2.75, 3.05) is 0 Å². The van der Waals surface area contributed by atoms with Crippen molar-refractivity contribution in [2.24, 2.45) is 0 Å². The van der Waals surface area contributed by atoms with Crippen LogP contribution in [0.4, 0.5) is 0 Å². The first-order valence-electron chi connectivity index (χ1n) is 8.04. The van der Waals surface area contributed by atoms with Crippen molar-refractivity contribution in [3.8, 4) is 16.8 Å². The number of hydrogen-bond acceptors (Lipinski definition) is 3. The van der Waals surface area contributed by atoms with Crippen LogP contribution in [0, 0.1) is 0 Å². The van der Waals surface area contributed by atoms with Crippen LogP contribution in [0.3, 0.4) is 0 Å². The molecule has 25 heavy (non-hydrogen) atoms. The van der Waals surface area contributed by atoms with E-state index in [-0.39, 0.29) is 5.91 Å². The minimum absolute atomic E-state index is 0.0226. The van der Waals surface area contributed by atoms with E-state index in [2.05, 4.69) is 62.0 Å². The van der Waals surface area contributed by atoms with Gasteiger partial charge in [-0.2, -0.15) is 11.3 Å². The molecule has 4 aromatic rings. The summed E-state index contributed by atoms with van der Waals surface area (Å²) in [4.78, 5) is 15.5. The van der Waals surface area contributed by atoms with Crippen LogP contribution in [-0.2, 0) is 11.3 Å². The van der Waals surface area contributed by atoms with Gasteiger partial charge in [-0.05, 0) is 57.8 Å². The maximum absolute atomic E-state index is 11.0. The average molecular weight is 347 g/mol. The van der Waals surface area contributed by atoms with Gasteiger partial charge in [0.15, 0.2) is 0 Å². The fourth-order valence-corrected chi connectivity index (χ4v) is 3.49. The molecule has 0 bridgehead atoms. The normalized spacial score (nSPS) is 10.9. The molecule has 124 valence electrons. The van der Waals surface area contributed by atoms with Crippen LogP contribution in [0.1, 0.15) is 12.5 Å². The Morgan fingerprint density at radius 1 is 1.12 bits per heavy atom. The molecule has 4 rings (SSSR count). The first-order valence-corrected chi connectivity index (χ1v) is 8.98. The van der Waals surface area contributed by atoms with E-state index in [1.165, 1.54) is 18.1 Å². The lowest BCUT2D eigenvalue weighted by molar-refractivity contribution is -0.119. The molecule has 0 saturated heterocycles. The second kappa shape index (κ2) is 6.53. The lowest BCUT2D eigenvalue weighted by atomic mass is 10.1. The maximum atomic E-state index is 11.0. The molecule has 2 aromatic carbocycles. The molecule has 0 aliphatic rings. The fourth-order valence-electron chi connectivity index (χ4n) is 2.82. The number of amides is 1. The van der Waals surface area contributed by atoms with E-state index in [1.807, 2.05) is 18.5 Å². The van der Waals surface area contributed by atoms with E-state index in [0.717, 1.165) is 22.3 Å². The van der Waals surface area contributed by atoms with Crippen molar-refractivity contribution >= 4 is 28.3 Å². The molecule has 0 atom stereocenters. The SMILES string of the molecule is CC(=O)NCc1ccc(-n2cnc3ccc(-c4ccsc4)cc32)cc1. The molecule has 4 nitrogen and oxygen atoms in total. The third kappa shape index (κ3) is 3.19. The summed E-state index contributed by atoms with van der Waals surface area (Å²) in [5.74, 6) is -0.0226. The van der Waals surface area contributed by atoms with Gasteiger partial charge < -0.3 is 5.32 Å². The summed E-state index contributed by atoms with van der Waals surface area (Å²) in [6, 6.07) is 16.6. The maximum Gasteiger partial charge on any atom is 0.217 e. The highest BCUT2D eigenvalue weighted by atomic mass is 32.1. The predicted molar refractivity (Wildman–Crippen MR) is 102 cm³/mol. The van der Waals surface area contributed by atoms with Gasteiger partial charge in [0, 0.05) is 19.2 Å². The van der Waals surface area contributed by atoms with Crippen molar-refractivity contribution < 1.29 is 4.79 Å². The van der Waals surface area contributed by atoms with Gasteiger partial charge in [0.05, 0.1) is 11.0 Å². The lowest BCUT2D eigenvalue weighted by Gasteiger charge is -2.08. The number of carbonyl (C=O) groups excluding carboxylic acids is 1.